The fourth-order valence-corrected chi connectivity index (χ4v) is 5.12. The third-order valence-electron chi connectivity index (χ3n) is 6.16. The maximum atomic E-state index is 13.1. The van der Waals surface area contributed by atoms with Crippen LogP contribution in [0.15, 0.2) is 81.2 Å². The van der Waals surface area contributed by atoms with Gasteiger partial charge in [0, 0.05) is 29.2 Å². The number of amidine groups is 1. The van der Waals surface area contributed by atoms with Gasteiger partial charge in [0.25, 0.3) is 5.91 Å². The molecule has 0 radical (unpaired) electrons. The highest BCUT2D eigenvalue weighted by atomic mass is 32.2. The van der Waals surface area contributed by atoms with Crippen LogP contribution in [0.3, 0.4) is 0 Å². The number of rotatable bonds is 6. The summed E-state index contributed by atoms with van der Waals surface area (Å²) in [7, 11) is 1.74. The van der Waals surface area contributed by atoms with Crippen LogP contribution < -0.4 is 5.32 Å². The largest absolute Gasteiger partial charge is 0.467 e. The normalized spacial score (nSPS) is 16.0. The van der Waals surface area contributed by atoms with E-state index in [4.69, 9.17) is 4.42 Å². The van der Waals surface area contributed by atoms with Crippen molar-refractivity contribution in [2.75, 3.05) is 7.05 Å². The first-order valence-electron chi connectivity index (χ1n) is 11.6. The number of carbonyl (C=O) groups excluding carboxylic acids is 2. The highest BCUT2D eigenvalue weighted by molar-refractivity contribution is 8.18. The molecule has 0 unspecified atom stereocenters. The average molecular weight is 499 g/mol. The van der Waals surface area contributed by atoms with Gasteiger partial charge in [0.2, 0.25) is 5.91 Å². The van der Waals surface area contributed by atoms with Crippen LogP contribution in [-0.2, 0) is 22.7 Å². The Balaban J connectivity index is 1.44. The number of hydrogen-bond donors (Lipinski definition) is 1. The molecule has 0 saturated carbocycles. The Morgan fingerprint density at radius 1 is 1.08 bits per heavy atom. The lowest BCUT2D eigenvalue weighted by molar-refractivity contribution is -0.122. The number of carbonyl (C=O) groups is 2. The summed E-state index contributed by atoms with van der Waals surface area (Å²) in [6, 6.07) is 19.4. The van der Waals surface area contributed by atoms with E-state index in [1.807, 2.05) is 79.1 Å². The molecule has 7 nitrogen and oxygen atoms in total. The predicted molar refractivity (Wildman–Crippen MR) is 144 cm³/mol. The van der Waals surface area contributed by atoms with Crippen molar-refractivity contribution in [3.63, 3.8) is 0 Å². The van der Waals surface area contributed by atoms with Gasteiger partial charge in [0.1, 0.15) is 12.3 Å². The Morgan fingerprint density at radius 3 is 2.61 bits per heavy atom. The van der Waals surface area contributed by atoms with Crippen molar-refractivity contribution in [2.45, 2.75) is 26.9 Å². The number of para-hydroxylation sites is 1. The summed E-state index contributed by atoms with van der Waals surface area (Å²) in [5.41, 5.74) is 4.73. The minimum Gasteiger partial charge on any atom is -0.467 e. The number of aliphatic imine (C=N–C) groups is 1. The average Bonchev–Trinajstić information content (AvgIpc) is 3.56. The molecule has 0 spiro atoms. The van der Waals surface area contributed by atoms with Crippen LogP contribution >= 0.6 is 11.8 Å². The second-order valence-electron chi connectivity index (χ2n) is 8.66. The van der Waals surface area contributed by atoms with Gasteiger partial charge in [-0.2, -0.15) is 0 Å². The zero-order valence-electron chi connectivity index (χ0n) is 20.3. The molecule has 36 heavy (non-hydrogen) atoms. The SMILES string of the molecule is Cc1ccc(N=C2S/C(=C\c3c(C)n(CC(=O)NCc4ccco4)c4ccccc34)C(=O)N2C)cc1. The predicted octanol–water partition coefficient (Wildman–Crippen LogP) is 5.40. The Morgan fingerprint density at radius 2 is 1.86 bits per heavy atom. The Kier molecular flexibility index (Phi) is 6.52. The summed E-state index contributed by atoms with van der Waals surface area (Å²) < 4.78 is 7.28. The number of fused-ring (bicyclic) bond motifs is 1. The van der Waals surface area contributed by atoms with E-state index in [9.17, 15) is 9.59 Å². The van der Waals surface area contributed by atoms with Gasteiger partial charge in [-0.05, 0) is 62.0 Å². The molecule has 5 rings (SSSR count). The molecule has 1 N–H and O–H groups in total. The van der Waals surface area contributed by atoms with E-state index in [-0.39, 0.29) is 18.4 Å². The number of likely N-dealkylation sites (N-methyl/N-ethyl adjacent to an activating group) is 1. The maximum absolute atomic E-state index is 13.1. The molecule has 2 aromatic carbocycles. The van der Waals surface area contributed by atoms with Crippen molar-refractivity contribution in [1.82, 2.24) is 14.8 Å². The lowest BCUT2D eigenvalue weighted by atomic mass is 10.1. The molecular weight excluding hydrogens is 472 g/mol. The number of aryl methyl sites for hydroxylation is 1. The first-order valence-corrected chi connectivity index (χ1v) is 12.4. The van der Waals surface area contributed by atoms with E-state index < -0.39 is 0 Å². The number of aromatic nitrogens is 1. The first-order chi connectivity index (χ1) is 17.4. The molecule has 1 aliphatic heterocycles. The molecule has 0 atom stereocenters. The van der Waals surface area contributed by atoms with Crippen LogP contribution in [-0.4, -0.2) is 33.5 Å². The quantitative estimate of drug-likeness (QED) is 0.361. The number of nitrogens with zero attached hydrogens (tertiary/aromatic N) is 3. The first kappa shape index (κ1) is 23.7. The van der Waals surface area contributed by atoms with Crippen LogP contribution in [0.4, 0.5) is 5.69 Å². The third kappa shape index (κ3) is 4.72. The second-order valence-corrected chi connectivity index (χ2v) is 9.67. The zero-order valence-corrected chi connectivity index (χ0v) is 21.1. The fourth-order valence-electron chi connectivity index (χ4n) is 4.15. The van der Waals surface area contributed by atoms with E-state index in [1.54, 1.807) is 24.3 Å². The van der Waals surface area contributed by atoms with Crippen LogP contribution in [0.2, 0.25) is 0 Å². The van der Waals surface area contributed by atoms with Gasteiger partial charge in [0.15, 0.2) is 5.17 Å². The highest BCUT2D eigenvalue weighted by Gasteiger charge is 2.31. The Bertz CT molecular complexity index is 1500. The minimum absolute atomic E-state index is 0.0988. The van der Waals surface area contributed by atoms with E-state index in [0.717, 1.165) is 33.4 Å². The summed E-state index contributed by atoms with van der Waals surface area (Å²) in [5.74, 6) is 0.484. The molecule has 1 fully saturated rings. The standard InChI is InChI=1S/C28H26N4O3S/c1-18-10-12-20(13-11-18)30-28-31(3)27(34)25(36-28)15-23-19(2)32(24-9-5-4-8-22(23)24)17-26(33)29-16-21-7-6-14-35-21/h4-15H,16-17H2,1-3H3,(H,29,33)/b25-15-,30-28?. The highest BCUT2D eigenvalue weighted by Crippen LogP contribution is 2.36. The van der Waals surface area contributed by atoms with E-state index in [1.165, 1.54) is 11.8 Å². The summed E-state index contributed by atoms with van der Waals surface area (Å²) in [6.07, 6.45) is 3.50. The number of furan rings is 1. The van der Waals surface area contributed by atoms with Gasteiger partial charge in [-0.1, -0.05) is 35.9 Å². The van der Waals surface area contributed by atoms with E-state index in [2.05, 4.69) is 10.3 Å². The smallest absolute Gasteiger partial charge is 0.266 e. The molecule has 1 saturated heterocycles. The monoisotopic (exact) mass is 498 g/mol. The van der Waals surface area contributed by atoms with Gasteiger partial charge in [-0.15, -0.1) is 0 Å². The summed E-state index contributed by atoms with van der Waals surface area (Å²) >= 11 is 1.36. The topological polar surface area (TPSA) is 79.8 Å². The second kappa shape index (κ2) is 9.91. The number of amides is 2. The Hall–Kier alpha value is -4.04. The van der Waals surface area contributed by atoms with E-state index in [0.29, 0.717) is 22.4 Å². The van der Waals surface area contributed by atoms with Crippen LogP contribution in [0.25, 0.3) is 17.0 Å². The van der Waals surface area contributed by atoms with Crippen LogP contribution in [0.1, 0.15) is 22.6 Å². The van der Waals surface area contributed by atoms with Crippen LogP contribution in [0.5, 0.6) is 0 Å². The van der Waals surface area contributed by atoms with Crippen LogP contribution in [0, 0.1) is 13.8 Å². The number of nitrogens with one attached hydrogen (secondary N) is 1. The lowest BCUT2D eigenvalue weighted by Gasteiger charge is -2.09. The number of thioether (sulfide) groups is 1. The molecule has 2 amide bonds. The molecular formula is C28H26N4O3S. The summed E-state index contributed by atoms with van der Waals surface area (Å²) in [4.78, 5) is 32.6. The van der Waals surface area contributed by atoms with Gasteiger partial charge in [-0.25, -0.2) is 4.99 Å². The van der Waals surface area contributed by atoms with Crippen molar-refractivity contribution < 1.29 is 14.0 Å². The minimum atomic E-state index is -0.118. The molecule has 182 valence electrons. The molecule has 8 heteroatoms. The maximum Gasteiger partial charge on any atom is 0.266 e. The van der Waals surface area contributed by atoms with E-state index >= 15 is 0 Å². The third-order valence-corrected chi connectivity index (χ3v) is 7.22. The van der Waals surface area contributed by atoms with Gasteiger partial charge in [0.05, 0.1) is 23.4 Å². The summed E-state index contributed by atoms with van der Waals surface area (Å²) in [5, 5.41) is 4.52. The van der Waals surface area contributed by atoms with Gasteiger partial charge >= 0.3 is 0 Å². The molecule has 3 heterocycles. The van der Waals surface area contributed by atoms with Gasteiger partial charge < -0.3 is 14.3 Å². The lowest BCUT2D eigenvalue weighted by Crippen LogP contribution is -2.27. The van der Waals surface area contributed by atoms with Gasteiger partial charge in [-0.3, -0.25) is 14.5 Å². The van der Waals surface area contributed by atoms with Crippen molar-refractivity contribution in [3.05, 3.63) is 94.4 Å². The van der Waals surface area contributed by atoms with Crippen molar-refractivity contribution in [3.8, 4) is 0 Å². The van der Waals surface area contributed by atoms with Crippen molar-refractivity contribution in [2.24, 2.45) is 4.99 Å². The van der Waals surface area contributed by atoms with Crippen molar-refractivity contribution >= 4 is 51.4 Å². The zero-order chi connectivity index (χ0) is 25.2. The molecule has 0 bridgehead atoms. The van der Waals surface area contributed by atoms with Crippen molar-refractivity contribution in [1.29, 1.82) is 0 Å². The number of hydrogen-bond acceptors (Lipinski definition) is 5. The molecule has 2 aromatic heterocycles. The molecule has 0 aliphatic carbocycles. The fraction of sp³-hybridized carbons (Fsp3) is 0.179. The Labute approximate surface area is 213 Å². The number of benzene rings is 2. The summed E-state index contributed by atoms with van der Waals surface area (Å²) in [6.45, 7) is 4.50. The molecule has 1 aliphatic rings. The molecule has 4 aromatic rings.